The monoisotopic (exact) mass is 369 g/mol. The molecular weight excluding hydrogens is 351 g/mol. The zero-order valence-corrected chi connectivity index (χ0v) is 14.0. The molecular formula is C17H18F3N3O3. The van der Waals surface area contributed by atoms with Crippen molar-refractivity contribution in [2.45, 2.75) is 25.1 Å². The van der Waals surface area contributed by atoms with Crippen molar-refractivity contribution in [3.8, 4) is 11.4 Å². The predicted octanol–water partition coefficient (Wildman–Crippen LogP) is 2.81. The van der Waals surface area contributed by atoms with E-state index >= 15 is 0 Å². The molecule has 9 heteroatoms. The SMILES string of the molecule is COc1cn(-c2cccc(C(F)(F)F)c2)nc1C(=O)NCC1CCCO1. The first-order valence-electron chi connectivity index (χ1n) is 8.09. The van der Waals surface area contributed by atoms with E-state index in [0.717, 1.165) is 25.0 Å². The summed E-state index contributed by atoms with van der Waals surface area (Å²) in [5.41, 5.74) is -0.618. The van der Waals surface area contributed by atoms with Gasteiger partial charge in [-0.2, -0.15) is 18.3 Å². The summed E-state index contributed by atoms with van der Waals surface area (Å²) in [4.78, 5) is 12.3. The number of amides is 1. The molecule has 1 aliphatic heterocycles. The average molecular weight is 369 g/mol. The molecule has 26 heavy (non-hydrogen) atoms. The van der Waals surface area contributed by atoms with Crippen LogP contribution in [0.2, 0.25) is 0 Å². The van der Waals surface area contributed by atoms with Crippen molar-refractivity contribution >= 4 is 5.91 Å². The Balaban J connectivity index is 1.81. The number of rotatable bonds is 5. The quantitative estimate of drug-likeness (QED) is 0.880. The van der Waals surface area contributed by atoms with E-state index in [2.05, 4.69) is 10.4 Å². The van der Waals surface area contributed by atoms with Crippen LogP contribution in [0, 0.1) is 0 Å². The lowest BCUT2D eigenvalue weighted by molar-refractivity contribution is -0.137. The number of aromatic nitrogens is 2. The van der Waals surface area contributed by atoms with Gasteiger partial charge in [-0.3, -0.25) is 4.79 Å². The van der Waals surface area contributed by atoms with Crippen molar-refractivity contribution < 1.29 is 27.4 Å². The number of hydrogen-bond acceptors (Lipinski definition) is 4. The first-order valence-corrected chi connectivity index (χ1v) is 8.09. The molecule has 0 radical (unpaired) electrons. The molecule has 1 fully saturated rings. The van der Waals surface area contributed by atoms with Crippen LogP contribution in [0.5, 0.6) is 5.75 Å². The number of carbonyl (C=O) groups is 1. The largest absolute Gasteiger partial charge is 0.493 e. The van der Waals surface area contributed by atoms with E-state index in [1.165, 1.54) is 30.1 Å². The summed E-state index contributed by atoms with van der Waals surface area (Å²) >= 11 is 0. The number of ether oxygens (including phenoxy) is 2. The number of methoxy groups -OCH3 is 1. The van der Waals surface area contributed by atoms with Gasteiger partial charge in [0, 0.05) is 13.2 Å². The van der Waals surface area contributed by atoms with E-state index in [0.29, 0.717) is 13.2 Å². The fourth-order valence-electron chi connectivity index (χ4n) is 2.72. The molecule has 2 heterocycles. The van der Waals surface area contributed by atoms with E-state index in [4.69, 9.17) is 9.47 Å². The van der Waals surface area contributed by atoms with Gasteiger partial charge in [-0.25, -0.2) is 4.68 Å². The number of alkyl halides is 3. The van der Waals surface area contributed by atoms with E-state index in [1.54, 1.807) is 0 Å². The Hall–Kier alpha value is -2.55. The minimum atomic E-state index is -4.46. The van der Waals surface area contributed by atoms with Gasteiger partial charge in [-0.1, -0.05) is 6.07 Å². The number of carbonyl (C=O) groups excluding carboxylic acids is 1. The topological polar surface area (TPSA) is 65.4 Å². The van der Waals surface area contributed by atoms with E-state index in [1.807, 2.05) is 0 Å². The van der Waals surface area contributed by atoms with Crippen LogP contribution in [0.1, 0.15) is 28.9 Å². The van der Waals surface area contributed by atoms with Crippen molar-refractivity contribution in [2.24, 2.45) is 0 Å². The fourth-order valence-corrected chi connectivity index (χ4v) is 2.72. The number of halogens is 3. The number of hydrogen-bond donors (Lipinski definition) is 1. The van der Waals surface area contributed by atoms with Gasteiger partial charge >= 0.3 is 6.18 Å². The molecule has 0 aliphatic carbocycles. The minimum absolute atomic E-state index is 0.00269. The molecule has 1 aliphatic rings. The lowest BCUT2D eigenvalue weighted by Gasteiger charge is -2.10. The van der Waals surface area contributed by atoms with Crippen LogP contribution in [0.3, 0.4) is 0 Å². The number of benzene rings is 1. The summed E-state index contributed by atoms with van der Waals surface area (Å²) in [6.07, 6.45) is -1.30. The molecule has 1 saturated heterocycles. The lowest BCUT2D eigenvalue weighted by Crippen LogP contribution is -2.32. The van der Waals surface area contributed by atoms with Gasteiger partial charge in [0.05, 0.1) is 30.7 Å². The van der Waals surface area contributed by atoms with Crippen molar-refractivity contribution in [2.75, 3.05) is 20.3 Å². The van der Waals surface area contributed by atoms with Gasteiger partial charge < -0.3 is 14.8 Å². The second kappa shape index (κ2) is 7.36. The fraction of sp³-hybridized carbons (Fsp3) is 0.412. The molecule has 1 aromatic heterocycles. The molecule has 1 unspecified atom stereocenters. The molecule has 1 amide bonds. The lowest BCUT2D eigenvalue weighted by atomic mass is 10.2. The average Bonchev–Trinajstić information content (AvgIpc) is 3.28. The van der Waals surface area contributed by atoms with Crippen LogP contribution in [-0.4, -0.2) is 42.1 Å². The van der Waals surface area contributed by atoms with Crippen LogP contribution in [0.4, 0.5) is 13.2 Å². The molecule has 0 bridgehead atoms. The summed E-state index contributed by atoms with van der Waals surface area (Å²) in [7, 11) is 1.37. The van der Waals surface area contributed by atoms with Crippen LogP contribution < -0.4 is 10.1 Å². The van der Waals surface area contributed by atoms with Gasteiger partial charge in [0.2, 0.25) is 0 Å². The Labute approximate surface area is 147 Å². The highest BCUT2D eigenvalue weighted by Crippen LogP contribution is 2.30. The highest BCUT2D eigenvalue weighted by molar-refractivity contribution is 5.95. The summed E-state index contributed by atoms with van der Waals surface area (Å²) in [6, 6.07) is 4.68. The highest BCUT2D eigenvalue weighted by Gasteiger charge is 2.31. The number of nitrogens with zero attached hydrogens (tertiary/aromatic N) is 2. The zero-order chi connectivity index (χ0) is 18.7. The molecule has 1 atom stereocenters. The molecule has 2 aromatic rings. The maximum Gasteiger partial charge on any atom is 0.416 e. The molecule has 1 aromatic carbocycles. The molecule has 0 saturated carbocycles. The first-order chi connectivity index (χ1) is 12.4. The minimum Gasteiger partial charge on any atom is -0.493 e. The standard InChI is InChI=1S/C17H18F3N3O3/c1-25-14-10-23(12-5-2-4-11(8-12)17(18,19)20)22-15(14)16(24)21-9-13-6-3-7-26-13/h2,4-5,8,10,13H,3,6-7,9H2,1H3,(H,21,24). The van der Waals surface area contributed by atoms with Gasteiger partial charge in [0.1, 0.15) is 0 Å². The number of nitrogens with one attached hydrogen (secondary N) is 1. The molecule has 6 nitrogen and oxygen atoms in total. The molecule has 1 N–H and O–H groups in total. The van der Waals surface area contributed by atoms with Crippen molar-refractivity contribution in [3.63, 3.8) is 0 Å². The third kappa shape index (κ3) is 3.98. The van der Waals surface area contributed by atoms with Gasteiger partial charge in [0.15, 0.2) is 11.4 Å². The molecule has 140 valence electrons. The Morgan fingerprint density at radius 1 is 1.46 bits per heavy atom. The predicted molar refractivity (Wildman–Crippen MR) is 86.4 cm³/mol. The summed E-state index contributed by atoms with van der Waals surface area (Å²) in [5, 5.41) is 6.81. The second-order valence-electron chi connectivity index (χ2n) is 5.88. The van der Waals surface area contributed by atoms with Crippen LogP contribution in [-0.2, 0) is 10.9 Å². The van der Waals surface area contributed by atoms with Crippen LogP contribution >= 0.6 is 0 Å². The van der Waals surface area contributed by atoms with Crippen LogP contribution in [0.25, 0.3) is 5.69 Å². The highest BCUT2D eigenvalue weighted by atomic mass is 19.4. The second-order valence-corrected chi connectivity index (χ2v) is 5.88. The maximum absolute atomic E-state index is 12.9. The first kappa shape index (κ1) is 18.2. The normalized spacial score (nSPS) is 17.3. The van der Waals surface area contributed by atoms with Gasteiger partial charge in [0.25, 0.3) is 5.91 Å². The Morgan fingerprint density at radius 2 is 2.27 bits per heavy atom. The van der Waals surface area contributed by atoms with E-state index < -0.39 is 17.6 Å². The Morgan fingerprint density at radius 3 is 2.92 bits per heavy atom. The third-order valence-corrected chi connectivity index (χ3v) is 4.07. The van der Waals surface area contributed by atoms with Gasteiger partial charge in [-0.05, 0) is 31.0 Å². The Bertz CT molecular complexity index is 783. The smallest absolute Gasteiger partial charge is 0.416 e. The van der Waals surface area contributed by atoms with E-state index in [9.17, 15) is 18.0 Å². The van der Waals surface area contributed by atoms with Crippen molar-refractivity contribution in [3.05, 3.63) is 41.7 Å². The van der Waals surface area contributed by atoms with Crippen LogP contribution in [0.15, 0.2) is 30.5 Å². The van der Waals surface area contributed by atoms with Crippen molar-refractivity contribution in [1.82, 2.24) is 15.1 Å². The summed E-state index contributed by atoms with van der Waals surface area (Å²) < 4.78 is 50.4. The molecule has 3 rings (SSSR count). The summed E-state index contributed by atoms with van der Waals surface area (Å²) in [5.74, 6) is -0.296. The third-order valence-electron chi connectivity index (χ3n) is 4.07. The maximum atomic E-state index is 12.9. The van der Waals surface area contributed by atoms with Gasteiger partial charge in [-0.15, -0.1) is 0 Å². The van der Waals surface area contributed by atoms with E-state index in [-0.39, 0.29) is 23.2 Å². The van der Waals surface area contributed by atoms with Crippen molar-refractivity contribution in [1.29, 1.82) is 0 Å². The Kier molecular flexibility index (Phi) is 5.17. The summed E-state index contributed by atoms with van der Waals surface area (Å²) in [6.45, 7) is 1.02. The zero-order valence-electron chi connectivity index (χ0n) is 14.0. The molecule has 0 spiro atoms.